The largest absolute Gasteiger partial charge is 0.465 e. The van der Waals surface area contributed by atoms with Gasteiger partial charge in [0.05, 0.1) is 6.61 Å². The number of hydrogen-bond donors (Lipinski definition) is 0. The lowest BCUT2D eigenvalue weighted by atomic mass is 9.91. The number of halogens is 5. The molecule has 2 rings (SSSR count). The standard InChI is InChI=1S/C20H17F5O4/c1-2-28-18(27)16(17(26)13-5-7-14(21)8-6-13)11-12-3-9-15(10-4-12)29-20(24,25)19(22)23/h3-10,16,19H,2,11H2,1H3. The van der Waals surface area contributed by atoms with Crippen molar-refractivity contribution in [2.75, 3.05) is 6.61 Å². The highest BCUT2D eigenvalue weighted by molar-refractivity contribution is 6.08. The molecular weight excluding hydrogens is 399 g/mol. The Bertz CT molecular complexity index is 835. The van der Waals surface area contributed by atoms with Gasteiger partial charge in [0.15, 0.2) is 5.78 Å². The third kappa shape index (κ3) is 6.00. The molecule has 0 amide bonds. The maximum Gasteiger partial charge on any atom is 0.461 e. The van der Waals surface area contributed by atoms with Gasteiger partial charge in [0.25, 0.3) is 0 Å². The lowest BCUT2D eigenvalue weighted by Gasteiger charge is -2.18. The highest BCUT2D eigenvalue weighted by Gasteiger charge is 2.44. The van der Waals surface area contributed by atoms with Crippen LogP contribution in [-0.2, 0) is 16.0 Å². The normalized spacial score (nSPS) is 12.5. The third-order valence-corrected chi connectivity index (χ3v) is 3.89. The molecule has 0 bridgehead atoms. The van der Waals surface area contributed by atoms with Crippen molar-refractivity contribution in [3.8, 4) is 5.75 Å². The summed E-state index contributed by atoms with van der Waals surface area (Å²) in [5.41, 5.74) is 0.479. The molecule has 156 valence electrons. The molecule has 0 N–H and O–H groups in total. The molecule has 4 nitrogen and oxygen atoms in total. The van der Waals surface area contributed by atoms with Crippen LogP contribution in [0.4, 0.5) is 22.0 Å². The SMILES string of the molecule is CCOC(=O)C(Cc1ccc(OC(F)(F)C(F)F)cc1)C(=O)c1ccc(F)cc1. The molecule has 0 saturated heterocycles. The zero-order valence-electron chi connectivity index (χ0n) is 15.2. The first-order valence-electron chi connectivity index (χ1n) is 8.54. The van der Waals surface area contributed by atoms with E-state index in [0.717, 1.165) is 24.3 Å². The van der Waals surface area contributed by atoms with Gasteiger partial charge in [-0.3, -0.25) is 9.59 Å². The van der Waals surface area contributed by atoms with Crippen molar-refractivity contribution in [2.24, 2.45) is 5.92 Å². The van der Waals surface area contributed by atoms with Gasteiger partial charge in [-0.1, -0.05) is 12.1 Å². The van der Waals surface area contributed by atoms with E-state index in [-0.39, 0.29) is 18.6 Å². The van der Waals surface area contributed by atoms with Gasteiger partial charge in [-0.15, -0.1) is 0 Å². The monoisotopic (exact) mass is 416 g/mol. The number of ether oxygens (including phenoxy) is 2. The number of carbonyl (C=O) groups excluding carboxylic acids is 2. The molecule has 1 atom stereocenters. The van der Waals surface area contributed by atoms with Crippen LogP contribution in [-0.4, -0.2) is 30.9 Å². The van der Waals surface area contributed by atoms with E-state index in [0.29, 0.717) is 5.56 Å². The van der Waals surface area contributed by atoms with Gasteiger partial charge in [-0.05, 0) is 55.3 Å². The van der Waals surface area contributed by atoms with Gasteiger partial charge in [0.2, 0.25) is 0 Å². The van der Waals surface area contributed by atoms with Crippen LogP contribution in [0.25, 0.3) is 0 Å². The molecule has 0 spiro atoms. The van der Waals surface area contributed by atoms with Crippen molar-refractivity contribution in [3.63, 3.8) is 0 Å². The maximum absolute atomic E-state index is 13.1. The van der Waals surface area contributed by atoms with Crippen molar-refractivity contribution < 1.29 is 41.0 Å². The molecule has 0 aliphatic carbocycles. The van der Waals surface area contributed by atoms with Gasteiger partial charge in [-0.25, -0.2) is 4.39 Å². The second-order valence-electron chi connectivity index (χ2n) is 5.99. The second kappa shape index (κ2) is 9.49. The van der Waals surface area contributed by atoms with Gasteiger partial charge in [0, 0.05) is 5.56 Å². The molecule has 0 aromatic heterocycles. The summed E-state index contributed by atoms with van der Waals surface area (Å²) in [6, 6.07) is 9.19. The Morgan fingerprint density at radius 1 is 1.00 bits per heavy atom. The molecule has 2 aromatic rings. The van der Waals surface area contributed by atoms with E-state index in [1.807, 2.05) is 0 Å². The van der Waals surface area contributed by atoms with Crippen molar-refractivity contribution >= 4 is 11.8 Å². The molecule has 0 fully saturated rings. The molecule has 9 heteroatoms. The first-order valence-corrected chi connectivity index (χ1v) is 8.54. The van der Waals surface area contributed by atoms with Crippen LogP contribution in [0.1, 0.15) is 22.8 Å². The topological polar surface area (TPSA) is 52.6 Å². The molecule has 0 radical (unpaired) electrons. The van der Waals surface area contributed by atoms with E-state index in [1.165, 1.54) is 24.3 Å². The number of alkyl halides is 4. The summed E-state index contributed by atoms with van der Waals surface area (Å²) in [7, 11) is 0. The summed E-state index contributed by atoms with van der Waals surface area (Å²) < 4.78 is 72.2. The molecule has 2 aromatic carbocycles. The van der Waals surface area contributed by atoms with Crippen LogP contribution in [0.3, 0.4) is 0 Å². The van der Waals surface area contributed by atoms with E-state index < -0.39 is 41.8 Å². The fourth-order valence-electron chi connectivity index (χ4n) is 2.47. The predicted octanol–water partition coefficient (Wildman–Crippen LogP) is 4.67. The highest BCUT2D eigenvalue weighted by atomic mass is 19.3. The average Bonchev–Trinajstić information content (AvgIpc) is 2.67. The quantitative estimate of drug-likeness (QED) is 0.258. The predicted molar refractivity (Wildman–Crippen MR) is 92.6 cm³/mol. The minimum absolute atomic E-state index is 0.0293. The average molecular weight is 416 g/mol. The van der Waals surface area contributed by atoms with Crippen LogP contribution in [0.5, 0.6) is 5.75 Å². The number of benzene rings is 2. The van der Waals surface area contributed by atoms with Crippen LogP contribution in [0.15, 0.2) is 48.5 Å². The van der Waals surface area contributed by atoms with Crippen molar-refractivity contribution in [3.05, 3.63) is 65.5 Å². The molecule has 29 heavy (non-hydrogen) atoms. The summed E-state index contributed by atoms with van der Waals surface area (Å²) in [6.45, 7) is 1.59. The maximum atomic E-state index is 13.1. The molecular formula is C20H17F5O4. The Labute approximate surface area is 163 Å². The Balaban J connectivity index is 2.19. The smallest absolute Gasteiger partial charge is 0.461 e. The van der Waals surface area contributed by atoms with Crippen molar-refractivity contribution in [2.45, 2.75) is 25.9 Å². The van der Waals surface area contributed by atoms with Crippen molar-refractivity contribution in [1.82, 2.24) is 0 Å². The fraction of sp³-hybridized carbons (Fsp3) is 0.300. The number of ketones is 1. The van der Waals surface area contributed by atoms with E-state index in [4.69, 9.17) is 4.74 Å². The Hall–Kier alpha value is -2.97. The Kier molecular flexibility index (Phi) is 7.30. The zero-order valence-corrected chi connectivity index (χ0v) is 15.2. The first-order chi connectivity index (χ1) is 13.6. The number of esters is 1. The second-order valence-corrected chi connectivity index (χ2v) is 5.99. The molecule has 0 saturated carbocycles. The lowest BCUT2D eigenvalue weighted by Crippen LogP contribution is -2.33. The number of Topliss-reactive ketones (excluding diaryl/α,β-unsaturated/α-hetero) is 1. The lowest BCUT2D eigenvalue weighted by molar-refractivity contribution is -0.253. The molecule has 0 heterocycles. The highest BCUT2D eigenvalue weighted by Crippen LogP contribution is 2.28. The fourth-order valence-corrected chi connectivity index (χ4v) is 2.47. The van der Waals surface area contributed by atoms with Gasteiger partial charge >= 0.3 is 18.5 Å². The minimum atomic E-state index is -4.65. The third-order valence-electron chi connectivity index (χ3n) is 3.89. The van der Waals surface area contributed by atoms with Gasteiger partial charge in [-0.2, -0.15) is 17.6 Å². The van der Waals surface area contributed by atoms with Gasteiger partial charge < -0.3 is 9.47 Å². The molecule has 0 aliphatic rings. The van der Waals surface area contributed by atoms with E-state index in [9.17, 15) is 31.5 Å². The Morgan fingerprint density at radius 3 is 2.10 bits per heavy atom. The zero-order chi connectivity index (χ0) is 21.6. The number of carbonyl (C=O) groups is 2. The first kappa shape index (κ1) is 22.3. The van der Waals surface area contributed by atoms with Gasteiger partial charge in [0.1, 0.15) is 17.5 Å². The molecule has 1 unspecified atom stereocenters. The summed E-state index contributed by atoms with van der Waals surface area (Å²) in [5, 5.41) is 0. The summed E-state index contributed by atoms with van der Waals surface area (Å²) >= 11 is 0. The summed E-state index contributed by atoms with van der Waals surface area (Å²) in [4.78, 5) is 24.9. The Morgan fingerprint density at radius 2 is 1.59 bits per heavy atom. The number of rotatable bonds is 9. The van der Waals surface area contributed by atoms with Crippen molar-refractivity contribution in [1.29, 1.82) is 0 Å². The minimum Gasteiger partial charge on any atom is -0.465 e. The molecule has 0 aliphatic heterocycles. The van der Waals surface area contributed by atoms with E-state index >= 15 is 0 Å². The summed E-state index contributed by atoms with van der Waals surface area (Å²) in [6.07, 6.45) is -8.78. The van der Waals surface area contributed by atoms with Crippen LogP contribution in [0.2, 0.25) is 0 Å². The van der Waals surface area contributed by atoms with E-state index in [2.05, 4.69) is 4.74 Å². The summed E-state index contributed by atoms with van der Waals surface area (Å²) in [5.74, 6) is -3.71. The van der Waals surface area contributed by atoms with Crippen LogP contribution < -0.4 is 4.74 Å². The van der Waals surface area contributed by atoms with E-state index in [1.54, 1.807) is 6.92 Å². The van der Waals surface area contributed by atoms with Crippen LogP contribution >= 0.6 is 0 Å². The number of hydrogen-bond acceptors (Lipinski definition) is 4. The van der Waals surface area contributed by atoms with Crippen LogP contribution in [0, 0.1) is 11.7 Å².